The van der Waals surface area contributed by atoms with Crippen LogP contribution in [0.2, 0.25) is 0 Å². The molecule has 176 valence electrons. The molecular weight excluding hydrogens is 473 g/mol. The molecule has 7 nitrogen and oxygen atoms in total. The molecule has 0 spiro atoms. The third-order valence-electron chi connectivity index (χ3n) is 4.44. The van der Waals surface area contributed by atoms with E-state index in [4.69, 9.17) is 9.84 Å². The van der Waals surface area contributed by atoms with Crippen molar-refractivity contribution in [3.8, 4) is 11.6 Å². The van der Waals surface area contributed by atoms with E-state index in [1.807, 2.05) is 0 Å². The van der Waals surface area contributed by atoms with Crippen molar-refractivity contribution in [1.82, 2.24) is 15.1 Å². The summed E-state index contributed by atoms with van der Waals surface area (Å²) in [7, 11) is 1.20. The van der Waals surface area contributed by atoms with Crippen LogP contribution in [0.1, 0.15) is 55.6 Å². The number of ether oxygens (including phenoxy) is 1. The molecule has 2 heterocycles. The van der Waals surface area contributed by atoms with Crippen LogP contribution in [-0.4, -0.2) is 26.8 Å². The molecule has 3 aromatic rings. The van der Waals surface area contributed by atoms with Crippen LogP contribution >= 0.6 is 11.3 Å². The van der Waals surface area contributed by atoms with Crippen LogP contribution in [0.4, 0.5) is 22.0 Å². The van der Waals surface area contributed by atoms with E-state index >= 15 is 0 Å². The lowest BCUT2D eigenvalue weighted by Crippen LogP contribution is -2.27. The van der Waals surface area contributed by atoms with E-state index in [-0.39, 0.29) is 10.6 Å². The normalized spacial score (nSPS) is 12.6. The third-order valence-corrected chi connectivity index (χ3v) is 5.70. The first-order valence-electron chi connectivity index (χ1n) is 9.22. The van der Waals surface area contributed by atoms with Crippen molar-refractivity contribution < 1.29 is 41.4 Å². The largest absolute Gasteiger partial charge is 0.477 e. The molecule has 0 saturated heterocycles. The first kappa shape index (κ1) is 24.2. The van der Waals surface area contributed by atoms with Gasteiger partial charge >= 0.3 is 12.1 Å². The predicted molar refractivity (Wildman–Crippen MR) is 107 cm³/mol. The van der Waals surface area contributed by atoms with Crippen LogP contribution in [0.5, 0.6) is 11.6 Å². The molecule has 3 rings (SSSR count). The second-order valence-electron chi connectivity index (χ2n) is 6.82. The summed E-state index contributed by atoms with van der Waals surface area (Å²) in [5.41, 5.74) is -2.59. The highest BCUT2D eigenvalue weighted by atomic mass is 32.1. The van der Waals surface area contributed by atoms with Gasteiger partial charge in [0, 0.05) is 11.9 Å². The summed E-state index contributed by atoms with van der Waals surface area (Å²) in [5.74, 6) is -2.99. The lowest BCUT2D eigenvalue weighted by atomic mass is 10.2. The molecule has 33 heavy (non-hydrogen) atoms. The predicted octanol–water partition coefficient (Wildman–Crippen LogP) is 5.42. The average molecular weight is 489 g/mol. The number of rotatable bonds is 7. The van der Waals surface area contributed by atoms with E-state index in [0.717, 1.165) is 28.2 Å². The minimum absolute atomic E-state index is 0.0225. The molecule has 0 fully saturated rings. The summed E-state index contributed by atoms with van der Waals surface area (Å²) in [6.07, 6.45) is -7.84. The molecule has 13 heteroatoms. The van der Waals surface area contributed by atoms with E-state index in [2.05, 4.69) is 10.4 Å². The van der Waals surface area contributed by atoms with Crippen molar-refractivity contribution in [3.05, 3.63) is 63.0 Å². The fourth-order valence-corrected chi connectivity index (χ4v) is 3.75. The molecule has 1 aromatic carbocycles. The Balaban J connectivity index is 1.94. The minimum Gasteiger partial charge on any atom is -0.477 e. The number of alkyl halides is 5. The molecule has 2 N–H and O–H groups in total. The first-order valence-corrected chi connectivity index (χ1v) is 10.0. The number of thiophene rings is 1. The maximum Gasteiger partial charge on any atom is 0.416 e. The van der Waals surface area contributed by atoms with E-state index in [0.29, 0.717) is 10.9 Å². The summed E-state index contributed by atoms with van der Waals surface area (Å²) >= 11 is 0.892. The smallest absolute Gasteiger partial charge is 0.416 e. The quantitative estimate of drug-likeness (QED) is 0.433. The Morgan fingerprint density at radius 3 is 2.48 bits per heavy atom. The van der Waals surface area contributed by atoms with Gasteiger partial charge in [0.1, 0.15) is 21.9 Å². The van der Waals surface area contributed by atoms with Gasteiger partial charge in [-0.15, -0.1) is 11.3 Å². The number of aromatic nitrogens is 2. The number of hydrogen-bond donors (Lipinski definition) is 2. The Bertz CT molecular complexity index is 1190. The summed E-state index contributed by atoms with van der Waals surface area (Å²) in [4.78, 5) is 24.4. The van der Waals surface area contributed by atoms with Gasteiger partial charge < -0.3 is 15.2 Å². The second kappa shape index (κ2) is 9.17. The Morgan fingerprint density at radius 2 is 1.91 bits per heavy atom. The number of nitrogens with one attached hydrogen (secondary N) is 1. The number of aryl methyl sites for hydroxylation is 1. The molecule has 1 amide bonds. The number of hydrogen-bond acceptors (Lipinski definition) is 5. The van der Waals surface area contributed by atoms with Crippen molar-refractivity contribution in [2.24, 2.45) is 7.05 Å². The van der Waals surface area contributed by atoms with Gasteiger partial charge in [0.25, 0.3) is 12.3 Å². The van der Waals surface area contributed by atoms with Gasteiger partial charge in [0.15, 0.2) is 0 Å². The highest BCUT2D eigenvalue weighted by molar-refractivity contribution is 7.14. The molecule has 0 aliphatic heterocycles. The van der Waals surface area contributed by atoms with Crippen LogP contribution in [0.25, 0.3) is 0 Å². The molecule has 0 radical (unpaired) electrons. The molecular formula is C20H16F5N3O4S. The minimum atomic E-state index is -4.66. The third kappa shape index (κ3) is 5.30. The van der Waals surface area contributed by atoms with E-state index in [1.165, 1.54) is 32.2 Å². The molecule has 0 aliphatic carbocycles. The Hall–Kier alpha value is -3.48. The number of carboxylic acids is 1. The molecule has 0 aliphatic rings. The number of benzene rings is 1. The summed E-state index contributed by atoms with van der Waals surface area (Å²) in [6.45, 7) is 1.51. The first-order chi connectivity index (χ1) is 15.4. The summed E-state index contributed by atoms with van der Waals surface area (Å²) in [5, 5.41) is 15.1. The van der Waals surface area contributed by atoms with Crippen molar-refractivity contribution in [3.63, 3.8) is 0 Å². The zero-order chi connectivity index (χ0) is 24.5. The number of carboxylic acid groups (broad SMARTS) is 1. The van der Waals surface area contributed by atoms with Gasteiger partial charge in [-0.25, -0.2) is 18.3 Å². The van der Waals surface area contributed by atoms with E-state index in [1.54, 1.807) is 0 Å². The van der Waals surface area contributed by atoms with Gasteiger partial charge in [0.2, 0.25) is 5.88 Å². The molecule has 2 aromatic heterocycles. The lowest BCUT2D eigenvalue weighted by Gasteiger charge is -2.14. The standard InChI is InChI=1S/C20H16F5N3O4S/c1-9(12-6-7-13(33-12)19(30)31)26-17(29)14-15(16(21)22)27-28(2)18(14)32-11-5-3-4-10(8-11)20(23,24)25/h3-9,16H,1-2H3,(H,26,29)(H,30,31)/t9-/m0/s1. The zero-order valence-corrected chi connectivity index (χ0v) is 17.8. The van der Waals surface area contributed by atoms with Gasteiger partial charge in [-0.3, -0.25) is 4.79 Å². The Morgan fingerprint density at radius 1 is 1.21 bits per heavy atom. The molecule has 0 saturated carbocycles. The SMILES string of the molecule is C[C@H](NC(=O)c1c(C(F)F)nn(C)c1Oc1cccc(C(F)(F)F)c1)c1ccc(C(=O)O)s1. The summed E-state index contributed by atoms with van der Waals surface area (Å²) in [6, 6.07) is 5.76. The lowest BCUT2D eigenvalue weighted by molar-refractivity contribution is -0.137. The fourth-order valence-electron chi connectivity index (χ4n) is 2.90. The number of halogens is 5. The Kier molecular flexibility index (Phi) is 6.72. The fraction of sp³-hybridized carbons (Fsp3) is 0.250. The van der Waals surface area contributed by atoms with Crippen molar-refractivity contribution in [1.29, 1.82) is 0 Å². The van der Waals surface area contributed by atoms with Crippen LogP contribution < -0.4 is 10.1 Å². The number of carbonyl (C=O) groups is 2. The highest BCUT2D eigenvalue weighted by Gasteiger charge is 2.33. The van der Waals surface area contributed by atoms with Crippen LogP contribution in [0, 0.1) is 0 Å². The molecule has 1 atom stereocenters. The van der Waals surface area contributed by atoms with Gasteiger partial charge in [-0.05, 0) is 37.3 Å². The van der Waals surface area contributed by atoms with Crippen molar-refractivity contribution in [2.75, 3.05) is 0 Å². The topological polar surface area (TPSA) is 93.5 Å². The zero-order valence-electron chi connectivity index (χ0n) is 17.0. The Labute approximate surface area is 187 Å². The van der Waals surface area contributed by atoms with Gasteiger partial charge in [-0.1, -0.05) is 6.07 Å². The highest BCUT2D eigenvalue weighted by Crippen LogP contribution is 2.36. The molecule has 0 unspecified atom stereocenters. The summed E-state index contributed by atoms with van der Waals surface area (Å²) < 4.78 is 72.3. The van der Waals surface area contributed by atoms with Crippen molar-refractivity contribution in [2.45, 2.75) is 25.6 Å². The van der Waals surface area contributed by atoms with Crippen LogP contribution in [-0.2, 0) is 13.2 Å². The van der Waals surface area contributed by atoms with Crippen molar-refractivity contribution >= 4 is 23.2 Å². The van der Waals surface area contributed by atoms with E-state index < -0.39 is 53.2 Å². The number of amides is 1. The van der Waals surface area contributed by atoms with Crippen LogP contribution in [0.3, 0.4) is 0 Å². The van der Waals surface area contributed by atoms with Crippen LogP contribution in [0.15, 0.2) is 36.4 Å². The number of carbonyl (C=O) groups excluding carboxylic acids is 1. The monoisotopic (exact) mass is 489 g/mol. The second-order valence-corrected chi connectivity index (χ2v) is 7.94. The number of aromatic carboxylic acids is 1. The van der Waals surface area contributed by atoms with Gasteiger partial charge in [-0.2, -0.15) is 18.3 Å². The average Bonchev–Trinajstić information content (AvgIpc) is 3.33. The molecule has 0 bridgehead atoms. The van der Waals surface area contributed by atoms with Gasteiger partial charge in [0.05, 0.1) is 11.6 Å². The maximum absolute atomic E-state index is 13.6. The number of nitrogens with zero attached hydrogens (tertiary/aromatic N) is 2. The van der Waals surface area contributed by atoms with E-state index in [9.17, 15) is 31.5 Å². The maximum atomic E-state index is 13.6.